The third-order valence-corrected chi connectivity index (χ3v) is 2.86. The van der Waals surface area contributed by atoms with Gasteiger partial charge in [0, 0.05) is 17.4 Å². The van der Waals surface area contributed by atoms with E-state index in [1.54, 1.807) is 0 Å². The molecular formula is C8H11Cl3N4O2. The Morgan fingerprint density at radius 1 is 1.59 bits per heavy atom. The molecule has 3 atom stereocenters. The molecular weight excluding hydrogens is 290 g/mol. The molecule has 0 saturated carbocycles. The molecule has 6 nitrogen and oxygen atoms in total. The van der Waals surface area contributed by atoms with E-state index in [0.717, 1.165) is 0 Å². The van der Waals surface area contributed by atoms with Crippen LogP contribution in [0.25, 0.3) is 10.4 Å². The van der Waals surface area contributed by atoms with Crippen molar-refractivity contribution in [1.82, 2.24) is 0 Å². The van der Waals surface area contributed by atoms with E-state index in [9.17, 15) is 0 Å². The molecule has 0 aromatic heterocycles. The predicted octanol–water partition coefficient (Wildman–Crippen LogP) is 3.41. The summed E-state index contributed by atoms with van der Waals surface area (Å²) < 4.78 is 8.46. The van der Waals surface area contributed by atoms with Gasteiger partial charge in [0.2, 0.25) is 12.2 Å². The highest BCUT2D eigenvalue weighted by molar-refractivity contribution is 6.76. The normalized spacial score (nSPS) is 29.3. The van der Waals surface area contributed by atoms with Gasteiger partial charge in [-0.05, 0) is 11.4 Å². The number of ether oxygens (including phenoxy) is 2. The van der Waals surface area contributed by atoms with Crippen LogP contribution >= 0.6 is 34.8 Å². The monoisotopic (exact) mass is 300 g/mol. The van der Waals surface area contributed by atoms with E-state index in [4.69, 9.17) is 55.2 Å². The second-order valence-electron chi connectivity index (χ2n) is 3.69. The summed E-state index contributed by atoms with van der Waals surface area (Å²) in [5, 5.41) is 11.0. The van der Waals surface area contributed by atoms with E-state index in [-0.39, 0.29) is 12.0 Å². The highest BCUT2D eigenvalue weighted by Gasteiger charge is 2.34. The van der Waals surface area contributed by atoms with Crippen molar-refractivity contribution in [3.05, 3.63) is 10.4 Å². The van der Waals surface area contributed by atoms with Crippen LogP contribution in [0.1, 0.15) is 13.3 Å². The van der Waals surface area contributed by atoms with Crippen LogP contribution in [0, 0.1) is 11.3 Å². The SMILES string of the molecule is C[C@H]1CO[C@@H](OC(=N)C(Cl)(Cl)Cl)C[C@H]1N=[N+]=[N-]. The predicted molar refractivity (Wildman–Crippen MR) is 65.6 cm³/mol. The summed E-state index contributed by atoms with van der Waals surface area (Å²) in [6, 6.07) is -0.248. The van der Waals surface area contributed by atoms with Gasteiger partial charge in [0.15, 0.2) is 0 Å². The Kier molecular flexibility index (Phi) is 5.16. The summed E-state index contributed by atoms with van der Waals surface area (Å²) in [5.41, 5.74) is 8.40. The van der Waals surface area contributed by atoms with E-state index in [1.165, 1.54) is 0 Å². The van der Waals surface area contributed by atoms with Gasteiger partial charge in [-0.15, -0.1) is 0 Å². The van der Waals surface area contributed by atoms with Crippen molar-refractivity contribution in [2.75, 3.05) is 6.61 Å². The number of azide groups is 1. The fourth-order valence-electron chi connectivity index (χ4n) is 1.38. The van der Waals surface area contributed by atoms with Gasteiger partial charge in [0.25, 0.3) is 3.79 Å². The third-order valence-electron chi connectivity index (χ3n) is 2.34. The van der Waals surface area contributed by atoms with E-state index in [1.807, 2.05) is 6.92 Å². The maximum Gasteiger partial charge on any atom is 0.265 e. The largest absolute Gasteiger partial charge is 0.448 e. The van der Waals surface area contributed by atoms with Crippen LogP contribution in [0.5, 0.6) is 0 Å². The summed E-state index contributed by atoms with van der Waals surface area (Å²) in [5.74, 6) is -0.422. The van der Waals surface area contributed by atoms with Crippen molar-refractivity contribution in [2.24, 2.45) is 11.0 Å². The molecule has 0 amide bonds. The lowest BCUT2D eigenvalue weighted by Crippen LogP contribution is -2.39. The van der Waals surface area contributed by atoms with Gasteiger partial charge in [-0.2, -0.15) is 0 Å². The summed E-state index contributed by atoms with van der Waals surface area (Å²) in [7, 11) is 0. The molecule has 1 heterocycles. The number of hydrogen-bond donors (Lipinski definition) is 1. The minimum absolute atomic E-state index is 0.0905. The molecule has 0 unspecified atom stereocenters. The maximum absolute atomic E-state index is 8.40. The summed E-state index contributed by atoms with van der Waals surface area (Å²) in [6.07, 6.45) is -0.404. The molecule has 1 saturated heterocycles. The number of halogens is 3. The van der Waals surface area contributed by atoms with Gasteiger partial charge in [0.1, 0.15) is 0 Å². The van der Waals surface area contributed by atoms with Crippen LogP contribution in [0.4, 0.5) is 0 Å². The minimum Gasteiger partial charge on any atom is -0.448 e. The first-order chi connectivity index (χ1) is 7.84. The average molecular weight is 302 g/mol. The molecule has 1 N–H and O–H groups in total. The molecule has 17 heavy (non-hydrogen) atoms. The first kappa shape index (κ1) is 14.7. The highest BCUT2D eigenvalue weighted by Crippen LogP contribution is 2.30. The smallest absolute Gasteiger partial charge is 0.265 e. The van der Waals surface area contributed by atoms with Gasteiger partial charge in [0.05, 0.1) is 6.61 Å². The zero-order chi connectivity index (χ0) is 13.1. The number of hydrogen-bond acceptors (Lipinski definition) is 4. The topological polar surface area (TPSA) is 91.1 Å². The molecule has 0 aromatic carbocycles. The number of alkyl halides is 3. The molecule has 1 fully saturated rings. The first-order valence-corrected chi connectivity index (χ1v) is 5.96. The van der Waals surface area contributed by atoms with Gasteiger partial charge in [-0.1, -0.05) is 46.8 Å². The van der Waals surface area contributed by atoms with Crippen molar-refractivity contribution in [3.63, 3.8) is 0 Å². The van der Waals surface area contributed by atoms with Crippen molar-refractivity contribution in [2.45, 2.75) is 29.5 Å². The van der Waals surface area contributed by atoms with E-state index in [2.05, 4.69) is 10.0 Å². The van der Waals surface area contributed by atoms with Crippen LogP contribution in [-0.4, -0.2) is 28.6 Å². The van der Waals surface area contributed by atoms with Gasteiger partial charge >= 0.3 is 0 Å². The molecule has 0 aliphatic carbocycles. The summed E-state index contributed by atoms with van der Waals surface area (Å²) in [4.78, 5) is 2.75. The Labute approximate surface area is 113 Å². The van der Waals surface area contributed by atoms with Gasteiger partial charge in [-0.25, -0.2) is 0 Å². The Bertz CT molecular complexity index is 340. The van der Waals surface area contributed by atoms with Gasteiger partial charge < -0.3 is 9.47 Å². The minimum atomic E-state index is -1.92. The standard InChI is InChI=1S/C8H11Cl3N4O2/c1-4-3-16-6(2-5(4)14-15-13)17-7(12)8(9,10)11/h4-6,12H,2-3H2,1H3/t4-,5+,6-/m0/s1. The van der Waals surface area contributed by atoms with Crippen molar-refractivity contribution >= 4 is 40.7 Å². The highest BCUT2D eigenvalue weighted by atomic mass is 35.6. The molecule has 1 aliphatic heterocycles. The Balaban J connectivity index is 2.57. The van der Waals surface area contributed by atoms with Crippen molar-refractivity contribution in [1.29, 1.82) is 5.41 Å². The van der Waals surface area contributed by atoms with Crippen LogP contribution in [0.2, 0.25) is 0 Å². The van der Waals surface area contributed by atoms with E-state index < -0.39 is 16.0 Å². The van der Waals surface area contributed by atoms with E-state index >= 15 is 0 Å². The summed E-state index contributed by atoms with van der Waals surface area (Å²) >= 11 is 16.4. The zero-order valence-corrected chi connectivity index (χ0v) is 11.2. The lowest BCUT2D eigenvalue weighted by atomic mass is 9.98. The third kappa shape index (κ3) is 4.41. The lowest BCUT2D eigenvalue weighted by Gasteiger charge is -2.32. The molecule has 0 spiro atoms. The van der Waals surface area contributed by atoms with Crippen LogP contribution < -0.4 is 0 Å². The molecule has 0 aromatic rings. The quantitative estimate of drug-likeness (QED) is 0.211. The van der Waals surface area contributed by atoms with Crippen LogP contribution in [0.3, 0.4) is 0 Å². The van der Waals surface area contributed by atoms with Crippen LogP contribution in [0.15, 0.2) is 5.11 Å². The molecule has 0 bridgehead atoms. The Morgan fingerprint density at radius 2 is 2.24 bits per heavy atom. The fraction of sp³-hybridized carbons (Fsp3) is 0.875. The number of nitrogens with zero attached hydrogens (tertiary/aromatic N) is 3. The molecule has 1 aliphatic rings. The first-order valence-electron chi connectivity index (χ1n) is 4.82. The van der Waals surface area contributed by atoms with Gasteiger partial charge in [-0.3, -0.25) is 5.41 Å². The van der Waals surface area contributed by atoms with Crippen LogP contribution in [-0.2, 0) is 9.47 Å². The van der Waals surface area contributed by atoms with E-state index in [0.29, 0.717) is 13.0 Å². The second kappa shape index (κ2) is 5.98. The number of rotatable bonds is 2. The van der Waals surface area contributed by atoms with Crippen molar-refractivity contribution < 1.29 is 9.47 Å². The average Bonchev–Trinajstić information content (AvgIpc) is 2.22. The zero-order valence-electron chi connectivity index (χ0n) is 8.94. The Morgan fingerprint density at radius 3 is 2.76 bits per heavy atom. The number of nitrogens with one attached hydrogen (secondary N) is 1. The maximum atomic E-state index is 8.40. The molecule has 96 valence electrons. The molecule has 9 heteroatoms. The van der Waals surface area contributed by atoms with Crippen molar-refractivity contribution in [3.8, 4) is 0 Å². The second-order valence-corrected chi connectivity index (χ2v) is 5.97. The molecule has 0 radical (unpaired) electrons. The Hall–Kier alpha value is -0.390. The fourth-order valence-corrected chi connectivity index (χ4v) is 1.51. The summed E-state index contributed by atoms with van der Waals surface area (Å²) in [6.45, 7) is 2.26. The molecule has 1 rings (SSSR count). The lowest BCUT2D eigenvalue weighted by molar-refractivity contribution is -0.135.